The molecule has 2 heterocycles. The minimum atomic E-state index is -4.90. The van der Waals surface area contributed by atoms with Gasteiger partial charge in [0.25, 0.3) is 5.91 Å². The average Bonchev–Trinajstić information content (AvgIpc) is 3.64. The van der Waals surface area contributed by atoms with Gasteiger partial charge < -0.3 is 24.6 Å². The van der Waals surface area contributed by atoms with Crippen LogP contribution in [0.2, 0.25) is 0 Å². The van der Waals surface area contributed by atoms with Crippen LogP contribution in [0.1, 0.15) is 105 Å². The number of alkyl halides is 6. The Hall–Kier alpha value is -4.66. The minimum absolute atomic E-state index is 0.0157. The zero-order valence-corrected chi connectivity index (χ0v) is 30.7. The highest BCUT2D eigenvalue weighted by atomic mass is 19.4. The number of aliphatic hydroxyl groups is 1. The number of aliphatic carboxylic acids is 1. The first kappa shape index (κ1) is 41.0. The number of hydrogen-bond donors (Lipinski definition) is 2. The van der Waals surface area contributed by atoms with Gasteiger partial charge in [-0.25, -0.2) is 0 Å². The molecule has 0 spiro atoms. The van der Waals surface area contributed by atoms with E-state index in [0.717, 1.165) is 42.6 Å². The molecular formula is C41H44F6N2O7. The smallest absolute Gasteiger partial charge is 0.418 e. The molecular weight excluding hydrogens is 746 g/mol. The molecule has 6 rings (SSSR count). The SMILES string of the molecule is CCC[C@H]1N(C(=O)c2ncccc2C(F)(F)F)CCC[C@@]1(Oc1ccc(C(F)(F)F)cc1)C(=O)C1CCC(O)(c2ccccc2O[C@@H]2CC[C@@H](C(=O)O)C2)CC1. The van der Waals surface area contributed by atoms with Gasteiger partial charge in [0.15, 0.2) is 11.4 Å². The molecule has 0 bridgehead atoms. The summed E-state index contributed by atoms with van der Waals surface area (Å²) in [5.74, 6) is -3.33. The Kier molecular flexibility index (Phi) is 11.8. The summed E-state index contributed by atoms with van der Waals surface area (Å²) in [5, 5.41) is 21.5. The van der Waals surface area contributed by atoms with Crippen molar-refractivity contribution in [1.29, 1.82) is 0 Å². The van der Waals surface area contributed by atoms with E-state index < -0.39 is 75.9 Å². The van der Waals surface area contributed by atoms with E-state index in [1.165, 1.54) is 4.90 Å². The molecule has 2 aliphatic carbocycles. The molecule has 4 atom stereocenters. The molecule has 0 radical (unpaired) electrons. The molecule has 1 saturated heterocycles. The lowest BCUT2D eigenvalue weighted by Crippen LogP contribution is -2.66. The standard InChI is InChI=1S/C41H44F6N2O7/c1-2-7-33-39(56-28-15-12-27(13-16-28)40(42,43)44,19-6-23-49(33)36(51)34-31(41(45,46)47)9-5-22-48-34)35(50)25-17-20-38(54,21-18-25)30-8-3-4-10-32(30)55-29-14-11-26(24-29)37(52)53/h3-5,8-10,12-13,15-16,22,25-26,29,33,54H,2,6-7,11,14,17-21,23-24H2,1H3,(H,52,53)/t25?,26-,29-,33-,38?,39+/m1/s1. The van der Waals surface area contributed by atoms with Crippen LogP contribution in [0.5, 0.6) is 11.5 Å². The van der Waals surface area contributed by atoms with Gasteiger partial charge in [-0.1, -0.05) is 31.5 Å². The van der Waals surface area contributed by atoms with E-state index in [-0.39, 0.29) is 63.3 Å². The van der Waals surface area contributed by atoms with Crippen molar-refractivity contribution in [3.8, 4) is 11.5 Å². The molecule has 3 aromatic rings. The average molecular weight is 791 g/mol. The number of piperidine rings is 1. The van der Waals surface area contributed by atoms with E-state index in [4.69, 9.17) is 9.47 Å². The van der Waals surface area contributed by atoms with E-state index in [9.17, 15) is 46.1 Å². The second-order valence-electron chi connectivity index (χ2n) is 15.1. The molecule has 1 aromatic heterocycles. The molecule has 2 N–H and O–H groups in total. The van der Waals surface area contributed by atoms with Crippen molar-refractivity contribution in [3.05, 3.63) is 89.2 Å². The maximum atomic E-state index is 15.1. The number of para-hydroxylation sites is 1. The maximum Gasteiger partial charge on any atom is 0.418 e. The number of carboxylic acid groups (broad SMARTS) is 1. The number of hydrogen-bond acceptors (Lipinski definition) is 7. The van der Waals surface area contributed by atoms with Crippen molar-refractivity contribution in [3.63, 3.8) is 0 Å². The summed E-state index contributed by atoms with van der Waals surface area (Å²) in [6.07, 6.45) is -6.31. The molecule has 56 heavy (non-hydrogen) atoms. The largest absolute Gasteiger partial charge is 0.490 e. The van der Waals surface area contributed by atoms with Crippen molar-refractivity contribution < 1.29 is 60.4 Å². The van der Waals surface area contributed by atoms with Crippen molar-refractivity contribution >= 4 is 17.7 Å². The molecule has 2 aromatic carbocycles. The Balaban J connectivity index is 1.31. The number of Topliss-reactive ketones (excluding diaryl/α,β-unsaturated/α-hetero) is 1. The number of aromatic nitrogens is 1. The number of likely N-dealkylation sites (tertiary alicyclic amines) is 1. The zero-order valence-electron chi connectivity index (χ0n) is 30.7. The minimum Gasteiger partial charge on any atom is -0.490 e. The quantitative estimate of drug-likeness (QED) is 0.185. The van der Waals surface area contributed by atoms with Gasteiger partial charge in [-0.15, -0.1) is 0 Å². The third kappa shape index (κ3) is 8.37. The number of amides is 1. The number of halogens is 6. The molecule has 3 fully saturated rings. The van der Waals surface area contributed by atoms with Gasteiger partial charge >= 0.3 is 18.3 Å². The Labute approximate surface area is 320 Å². The van der Waals surface area contributed by atoms with Gasteiger partial charge in [0.1, 0.15) is 17.2 Å². The van der Waals surface area contributed by atoms with Crippen LogP contribution >= 0.6 is 0 Å². The van der Waals surface area contributed by atoms with Gasteiger partial charge in [0, 0.05) is 24.2 Å². The number of carboxylic acids is 1. The Bertz CT molecular complexity index is 1890. The third-order valence-corrected chi connectivity index (χ3v) is 11.5. The number of carbonyl (C=O) groups is 3. The summed E-state index contributed by atoms with van der Waals surface area (Å²) in [5.41, 5.74) is -5.81. The topological polar surface area (TPSA) is 126 Å². The lowest BCUT2D eigenvalue weighted by atomic mass is 9.68. The fraction of sp³-hybridized carbons (Fsp3) is 0.512. The normalized spacial score (nSPS) is 27.1. The molecule has 2 saturated carbocycles. The fourth-order valence-corrected chi connectivity index (χ4v) is 8.69. The van der Waals surface area contributed by atoms with Crippen LogP contribution in [0.25, 0.3) is 0 Å². The Morgan fingerprint density at radius 1 is 0.875 bits per heavy atom. The van der Waals surface area contributed by atoms with Gasteiger partial charge in [-0.2, -0.15) is 26.3 Å². The Morgan fingerprint density at radius 2 is 1.57 bits per heavy atom. The van der Waals surface area contributed by atoms with Crippen LogP contribution in [0.3, 0.4) is 0 Å². The highest BCUT2D eigenvalue weighted by Crippen LogP contribution is 2.48. The van der Waals surface area contributed by atoms with Crippen LogP contribution in [0.4, 0.5) is 26.3 Å². The van der Waals surface area contributed by atoms with Crippen molar-refractivity contribution in [2.24, 2.45) is 11.8 Å². The van der Waals surface area contributed by atoms with Gasteiger partial charge in [0.05, 0.1) is 34.8 Å². The number of benzene rings is 2. The monoisotopic (exact) mass is 790 g/mol. The Morgan fingerprint density at radius 3 is 2.20 bits per heavy atom. The highest BCUT2D eigenvalue weighted by molar-refractivity contribution is 5.96. The fourth-order valence-electron chi connectivity index (χ4n) is 8.69. The number of ketones is 1. The first-order valence-corrected chi connectivity index (χ1v) is 18.9. The molecule has 1 aliphatic heterocycles. The van der Waals surface area contributed by atoms with E-state index in [0.29, 0.717) is 37.0 Å². The summed E-state index contributed by atoms with van der Waals surface area (Å²) in [6, 6.07) is 11.4. The number of nitrogens with zero attached hydrogens (tertiary/aromatic N) is 2. The maximum absolute atomic E-state index is 15.1. The lowest BCUT2D eigenvalue weighted by molar-refractivity contribution is -0.153. The van der Waals surface area contributed by atoms with Crippen LogP contribution in [-0.4, -0.2) is 62.0 Å². The van der Waals surface area contributed by atoms with Crippen LogP contribution in [-0.2, 0) is 27.5 Å². The van der Waals surface area contributed by atoms with Gasteiger partial charge in [-0.05, 0) is 107 Å². The van der Waals surface area contributed by atoms with Gasteiger partial charge in [-0.3, -0.25) is 19.4 Å². The lowest BCUT2D eigenvalue weighted by Gasteiger charge is -2.50. The zero-order chi connectivity index (χ0) is 40.5. The van der Waals surface area contributed by atoms with Gasteiger partial charge in [0.2, 0.25) is 0 Å². The molecule has 0 unspecified atom stereocenters. The highest BCUT2D eigenvalue weighted by Gasteiger charge is 2.56. The number of rotatable bonds is 11. The second kappa shape index (κ2) is 16.1. The predicted octanol–water partition coefficient (Wildman–Crippen LogP) is 8.62. The van der Waals surface area contributed by atoms with Crippen LogP contribution in [0, 0.1) is 11.8 Å². The summed E-state index contributed by atoms with van der Waals surface area (Å²) in [7, 11) is 0. The first-order chi connectivity index (χ1) is 26.5. The van der Waals surface area contributed by atoms with E-state index in [1.54, 1.807) is 31.2 Å². The molecule has 1 amide bonds. The summed E-state index contributed by atoms with van der Waals surface area (Å²) in [6.45, 7) is 1.76. The van der Waals surface area contributed by atoms with Crippen LogP contribution < -0.4 is 9.47 Å². The van der Waals surface area contributed by atoms with Crippen LogP contribution in [0.15, 0.2) is 66.9 Å². The van der Waals surface area contributed by atoms with Crippen molar-refractivity contribution in [2.75, 3.05) is 6.54 Å². The number of ether oxygens (including phenoxy) is 2. The molecule has 302 valence electrons. The van der Waals surface area contributed by atoms with E-state index in [1.807, 2.05) is 0 Å². The molecule has 15 heteroatoms. The van der Waals surface area contributed by atoms with E-state index >= 15 is 4.79 Å². The van der Waals surface area contributed by atoms with E-state index in [2.05, 4.69) is 4.98 Å². The molecule has 3 aliphatic rings. The number of carbonyl (C=O) groups excluding carboxylic acids is 2. The predicted molar refractivity (Wildman–Crippen MR) is 190 cm³/mol. The summed E-state index contributed by atoms with van der Waals surface area (Å²) >= 11 is 0. The van der Waals surface area contributed by atoms with Crippen molar-refractivity contribution in [2.45, 2.75) is 113 Å². The molecule has 9 nitrogen and oxygen atoms in total. The number of pyridine rings is 1. The second-order valence-corrected chi connectivity index (χ2v) is 15.1. The summed E-state index contributed by atoms with van der Waals surface area (Å²) in [4.78, 5) is 45.7. The first-order valence-electron chi connectivity index (χ1n) is 18.9. The summed E-state index contributed by atoms with van der Waals surface area (Å²) < 4.78 is 95.4. The third-order valence-electron chi connectivity index (χ3n) is 11.5. The van der Waals surface area contributed by atoms with Crippen molar-refractivity contribution in [1.82, 2.24) is 9.88 Å².